The minimum Gasteiger partial charge on any atom is -0.344 e. The van der Waals surface area contributed by atoms with Gasteiger partial charge in [0.2, 0.25) is 0 Å². The number of rotatable bonds is 14. The number of nitrogens with zero attached hydrogens (tertiary/aromatic N) is 4. The van der Waals surface area contributed by atoms with Gasteiger partial charge in [-0.3, -0.25) is 33.3 Å². The monoisotopic (exact) mass is 862 g/mol. The van der Waals surface area contributed by atoms with E-state index in [0.29, 0.717) is 44.6 Å². The highest BCUT2D eigenvalue weighted by molar-refractivity contribution is 7.86. The van der Waals surface area contributed by atoms with Crippen LogP contribution in [0.15, 0.2) is 124 Å². The van der Waals surface area contributed by atoms with Gasteiger partial charge in [-0.2, -0.15) is 16.8 Å². The largest absolute Gasteiger partial charge is 0.363 e. The van der Waals surface area contributed by atoms with Gasteiger partial charge in [-0.1, -0.05) is 56.9 Å². The lowest BCUT2D eigenvalue weighted by Gasteiger charge is -2.31. The molecule has 18 heteroatoms. The molecule has 0 saturated carbocycles. The maximum atomic E-state index is 13.0. The standard InChI is InChI=1S/C42H46N4O12S2/c1-8-28(39(49)44(6)57-7)25-32-27(2)43-35(41(32,3)4)13-10-9-11-14-36-42(5,30-17-15-29(16-18-30)40(50)58-46-37(47)21-22-38(46)48)33-26-31(60(54,55)56)19-20-34(33)45(36)23-12-24-59(51,52)53/h8-11,13-20,25-26H,2,12,21-24H2,1,3-7H3,(H,51,52,53)(H,54,55,56)/b11-9+,13-10+,28-8+,32-25+,36-14+. The summed E-state index contributed by atoms with van der Waals surface area (Å²) in [6, 6.07) is 10.0. The molecule has 0 aliphatic carbocycles. The Bertz CT molecular complexity index is 2530. The van der Waals surface area contributed by atoms with Crippen LogP contribution in [0.25, 0.3) is 0 Å². The van der Waals surface area contributed by atoms with Crippen molar-refractivity contribution in [2.45, 2.75) is 57.3 Å². The van der Waals surface area contributed by atoms with Crippen LogP contribution in [0, 0.1) is 5.41 Å². The molecule has 0 bridgehead atoms. The molecule has 3 amide bonds. The Morgan fingerprint density at radius 1 is 0.983 bits per heavy atom. The Balaban J connectivity index is 1.54. The first-order valence-corrected chi connectivity index (χ1v) is 21.7. The zero-order valence-electron chi connectivity index (χ0n) is 33.9. The van der Waals surface area contributed by atoms with E-state index in [2.05, 4.69) is 11.6 Å². The summed E-state index contributed by atoms with van der Waals surface area (Å²) in [4.78, 5) is 66.1. The Morgan fingerprint density at radius 2 is 1.63 bits per heavy atom. The number of hydrogen-bond donors (Lipinski definition) is 2. The second-order valence-electron chi connectivity index (χ2n) is 14.8. The zero-order chi connectivity index (χ0) is 44.4. The minimum atomic E-state index is -4.68. The maximum Gasteiger partial charge on any atom is 0.363 e. The number of amides is 3. The average Bonchev–Trinajstić information content (AvgIpc) is 3.71. The third-order valence-corrected chi connectivity index (χ3v) is 12.2. The number of allylic oxidation sites excluding steroid dienone is 8. The second-order valence-corrected chi connectivity index (χ2v) is 17.8. The molecular weight excluding hydrogens is 817 g/mol. The van der Waals surface area contributed by atoms with Crippen LogP contribution in [-0.2, 0) is 49.7 Å². The molecule has 2 N–H and O–H groups in total. The highest BCUT2D eigenvalue weighted by atomic mass is 32.2. The molecule has 3 aliphatic heterocycles. The van der Waals surface area contributed by atoms with Crippen LogP contribution < -0.4 is 4.90 Å². The molecule has 60 heavy (non-hydrogen) atoms. The van der Waals surface area contributed by atoms with Crippen LogP contribution in [0.2, 0.25) is 0 Å². The van der Waals surface area contributed by atoms with E-state index in [9.17, 15) is 45.1 Å². The number of carbonyl (C=O) groups is 4. The molecule has 0 spiro atoms. The quantitative estimate of drug-likeness (QED) is 0.0796. The summed E-state index contributed by atoms with van der Waals surface area (Å²) in [6.07, 6.45) is 12.0. The number of fused-ring (bicyclic) bond motifs is 1. The number of hydroxylamine groups is 4. The summed E-state index contributed by atoms with van der Waals surface area (Å²) in [7, 11) is -6.11. The van der Waals surface area contributed by atoms with Crippen molar-refractivity contribution in [3.8, 4) is 0 Å². The number of likely N-dealkylation sites (N-methyl/N-ethyl adjacent to an activating group) is 1. The summed E-state index contributed by atoms with van der Waals surface area (Å²) in [5.74, 6) is -3.14. The van der Waals surface area contributed by atoms with Crippen molar-refractivity contribution in [3.05, 3.63) is 131 Å². The fourth-order valence-electron chi connectivity index (χ4n) is 7.19. The van der Waals surface area contributed by atoms with E-state index in [0.717, 1.165) is 10.6 Å². The Morgan fingerprint density at radius 3 is 2.22 bits per heavy atom. The topological polar surface area (TPSA) is 218 Å². The summed E-state index contributed by atoms with van der Waals surface area (Å²) >= 11 is 0. The van der Waals surface area contributed by atoms with Gasteiger partial charge in [-0.15, -0.1) is 5.06 Å². The molecular formula is C42H46N4O12S2. The van der Waals surface area contributed by atoms with Gasteiger partial charge in [0.15, 0.2) is 0 Å². The highest BCUT2D eigenvalue weighted by Crippen LogP contribution is 2.52. The highest BCUT2D eigenvalue weighted by Gasteiger charge is 2.45. The Kier molecular flexibility index (Phi) is 13.2. The van der Waals surface area contributed by atoms with Crippen LogP contribution in [0.5, 0.6) is 0 Å². The normalized spacial score (nSPS) is 20.9. The van der Waals surface area contributed by atoms with E-state index in [1.54, 1.807) is 73.4 Å². The molecule has 2 aromatic carbocycles. The maximum absolute atomic E-state index is 13.0. The third kappa shape index (κ3) is 9.32. The van der Waals surface area contributed by atoms with Crippen molar-refractivity contribution in [2.24, 2.45) is 10.4 Å². The van der Waals surface area contributed by atoms with Gasteiger partial charge in [0.05, 0.1) is 40.1 Å². The van der Waals surface area contributed by atoms with Gasteiger partial charge in [0.1, 0.15) is 0 Å². The van der Waals surface area contributed by atoms with E-state index in [-0.39, 0.29) is 37.3 Å². The first-order valence-electron chi connectivity index (χ1n) is 18.6. The summed E-state index contributed by atoms with van der Waals surface area (Å²) < 4.78 is 67.8. The number of hydrogen-bond acceptors (Lipinski definition) is 12. The van der Waals surface area contributed by atoms with Crippen molar-refractivity contribution in [1.29, 1.82) is 0 Å². The van der Waals surface area contributed by atoms with Gasteiger partial charge >= 0.3 is 5.97 Å². The molecule has 5 rings (SSSR count). The van der Waals surface area contributed by atoms with Crippen LogP contribution in [0.4, 0.5) is 5.69 Å². The average molecular weight is 863 g/mol. The van der Waals surface area contributed by atoms with Gasteiger partial charge in [-0.05, 0) is 85.5 Å². The molecule has 1 saturated heterocycles. The first-order chi connectivity index (χ1) is 28.0. The summed E-state index contributed by atoms with van der Waals surface area (Å²) in [5.41, 5.74) is 2.41. The molecule has 2 aromatic rings. The zero-order valence-corrected chi connectivity index (χ0v) is 35.5. The predicted molar refractivity (Wildman–Crippen MR) is 222 cm³/mol. The van der Waals surface area contributed by atoms with E-state index < -0.39 is 59.5 Å². The van der Waals surface area contributed by atoms with Gasteiger partial charge < -0.3 is 9.74 Å². The molecule has 0 radical (unpaired) electrons. The minimum absolute atomic E-state index is 0.00890. The predicted octanol–water partition coefficient (Wildman–Crippen LogP) is 5.44. The third-order valence-electron chi connectivity index (χ3n) is 10.6. The summed E-state index contributed by atoms with van der Waals surface area (Å²) in [5, 5.41) is 1.55. The van der Waals surface area contributed by atoms with Crippen molar-refractivity contribution in [1.82, 2.24) is 10.1 Å². The molecule has 3 aliphatic rings. The first kappa shape index (κ1) is 45.3. The van der Waals surface area contributed by atoms with Crippen LogP contribution in [0.1, 0.15) is 68.4 Å². The lowest BCUT2D eigenvalue weighted by Crippen LogP contribution is -2.32. The van der Waals surface area contributed by atoms with E-state index in [4.69, 9.17) is 9.68 Å². The number of imide groups is 1. The van der Waals surface area contributed by atoms with Crippen molar-refractivity contribution in [2.75, 3.05) is 31.4 Å². The SMILES string of the molecule is C=C1N=C(/C=C/C=C/C=C2/N(CCCS(=O)(=O)O)c3ccc(S(=O)(=O)O)cc3C2(C)c2ccc(C(=O)ON3C(=O)CCC3=O)cc2)C(C)(C)/C1=C/C(=C\C)C(=O)N(C)OC. The van der Waals surface area contributed by atoms with Crippen molar-refractivity contribution >= 4 is 55.3 Å². The van der Waals surface area contributed by atoms with Crippen LogP contribution >= 0.6 is 0 Å². The van der Waals surface area contributed by atoms with Crippen molar-refractivity contribution in [3.63, 3.8) is 0 Å². The van der Waals surface area contributed by atoms with Crippen LogP contribution in [0.3, 0.4) is 0 Å². The molecule has 1 unspecified atom stereocenters. The second kappa shape index (κ2) is 17.4. The van der Waals surface area contributed by atoms with Crippen molar-refractivity contribution < 1.29 is 54.8 Å². The van der Waals surface area contributed by atoms with E-state index >= 15 is 0 Å². The summed E-state index contributed by atoms with van der Waals surface area (Å²) in [6.45, 7) is 11.6. The van der Waals surface area contributed by atoms with Gasteiger partial charge in [-0.25, -0.2) is 9.86 Å². The van der Waals surface area contributed by atoms with E-state index in [1.165, 1.54) is 44.5 Å². The number of anilines is 1. The lowest BCUT2D eigenvalue weighted by molar-refractivity contribution is -0.172. The number of carbonyl (C=O) groups excluding carboxylic acids is 4. The Labute approximate surface area is 348 Å². The molecule has 3 heterocycles. The van der Waals surface area contributed by atoms with Crippen LogP contribution in [-0.4, -0.2) is 91.9 Å². The molecule has 16 nitrogen and oxygen atoms in total. The fourth-order valence-corrected chi connectivity index (χ4v) is 8.19. The number of aliphatic imine (C=N–C) groups is 1. The molecule has 0 aromatic heterocycles. The lowest BCUT2D eigenvalue weighted by atomic mass is 9.75. The smallest absolute Gasteiger partial charge is 0.344 e. The fraction of sp³-hybridized carbons (Fsp3) is 0.310. The molecule has 1 atom stereocenters. The van der Waals surface area contributed by atoms with Gasteiger partial charge in [0, 0.05) is 48.8 Å². The van der Waals surface area contributed by atoms with Gasteiger partial charge in [0.25, 0.3) is 38.0 Å². The molecule has 318 valence electrons. The Hall–Kier alpha value is -5.79. The number of benzene rings is 2. The molecule has 1 fully saturated rings. The van der Waals surface area contributed by atoms with E-state index in [1.807, 2.05) is 13.8 Å².